The summed E-state index contributed by atoms with van der Waals surface area (Å²) in [6, 6.07) is 0. The average molecular weight is 323 g/mol. The molecule has 116 valence electrons. The predicted molar refractivity (Wildman–Crippen MR) is 84.3 cm³/mol. The van der Waals surface area contributed by atoms with Gasteiger partial charge in [0.05, 0.1) is 11.9 Å². The van der Waals surface area contributed by atoms with Crippen LogP contribution in [0.1, 0.15) is 32.6 Å². The second-order valence-corrected chi connectivity index (χ2v) is 5.44. The summed E-state index contributed by atoms with van der Waals surface area (Å²) in [5.41, 5.74) is 5.48. The molecule has 1 aliphatic rings. The van der Waals surface area contributed by atoms with Crippen LogP contribution in [0, 0.1) is 5.92 Å². The lowest BCUT2D eigenvalue weighted by Gasteiger charge is -2.23. The molecule has 1 unspecified atom stereocenters. The van der Waals surface area contributed by atoms with Crippen molar-refractivity contribution in [1.82, 2.24) is 14.9 Å². The molecule has 0 radical (unpaired) electrons. The molecule has 5 nitrogen and oxygen atoms in total. The first-order valence-corrected chi connectivity index (χ1v) is 6.63. The Morgan fingerprint density at radius 1 is 1.45 bits per heavy atom. The van der Waals surface area contributed by atoms with Crippen molar-refractivity contribution in [2.45, 2.75) is 44.7 Å². The van der Waals surface area contributed by atoms with Crippen molar-refractivity contribution < 1.29 is 4.79 Å². The minimum atomic E-state index is -0.616. The van der Waals surface area contributed by atoms with Crippen LogP contribution in [0.15, 0.2) is 18.7 Å². The Labute approximate surface area is 132 Å². The number of nitrogens with two attached hydrogens (primary N) is 1. The second kappa shape index (κ2) is 8.49. The molecule has 1 fully saturated rings. The largest absolute Gasteiger partial charge is 0.354 e. The molecule has 3 N–H and O–H groups in total. The third-order valence-corrected chi connectivity index (χ3v) is 3.64. The quantitative estimate of drug-likeness (QED) is 0.867. The Morgan fingerprint density at radius 3 is 2.65 bits per heavy atom. The molecule has 7 heteroatoms. The van der Waals surface area contributed by atoms with Crippen LogP contribution in [-0.2, 0) is 11.3 Å². The average Bonchev–Trinajstić information content (AvgIpc) is 2.98. The first-order valence-electron chi connectivity index (χ1n) is 6.63. The van der Waals surface area contributed by atoms with E-state index in [9.17, 15) is 4.79 Å². The van der Waals surface area contributed by atoms with Crippen molar-refractivity contribution in [3.8, 4) is 0 Å². The van der Waals surface area contributed by atoms with Crippen LogP contribution in [-0.4, -0.2) is 27.5 Å². The molecule has 1 aliphatic carbocycles. The topological polar surface area (TPSA) is 72.9 Å². The minimum Gasteiger partial charge on any atom is -0.354 e. The highest BCUT2D eigenvalue weighted by molar-refractivity contribution is 5.86. The van der Waals surface area contributed by atoms with Gasteiger partial charge in [0.2, 0.25) is 5.91 Å². The molecular weight excluding hydrogens is 299 g/mol. The zero-order valence-corrected chi connectivity index (χ0v) is 13.4. The number of aromatic nitrogens is 2. The van der Waals surface area contributed by atoms with Gasteiger partial charge in [-0.3, -0.25) is 4.79 Å². The fraction of sp³-hybridized carbons (Fsp3) is 0.692. The lowest BCUT2D eigenvalue weighted by molar-refractivity contribution is -0.126. The van der Waals surface area contributed by atoms with Gasteiger partial charge in [-0.15, -0.1) is 24.8 Å². The van der Waals surface area contributed by atoms with E-state index in [4.69, 9.17) is 5.73 Å². The number of rotatable bonds is 5. The fourth-order valence-corrected chi connectivity index (χ4v) is 2.50. The van der Waals surface area contributed by atoms with Crippen molar-refractivity contribution in [3.05, 3.63) is 18.7 Å². The standard InChI is InChI=1S/C13H22N4O.2ClH/c1-11(9-17-7-6-15-10-17)8-16-12(18)13(14)4-2-3-5-13;;/h6-7,10-11H,2-5,8-9,14H2,1H3,(H,16,18);2*1H. The Morgan fingerprint density at radius 2 is 2.10 bits per heavy atom. The molecule has 1 atom stereocenters. The molecule has 20 heavy (non-hydrogen) atoms. The van der Waals surface area contributed by atoms with Gasteiger partial charge in [0.1, 0.15) is 0 Å². The Bertz CT molecular complexity index is 391. The van der Waals surface area contributed by atoms with E-state index < -0.39 is 5.54 Å². The van der Waals surface area contributed by atoms with Gasteiger partial charge in [-0.2, -0.15) is 0 Å². The molecular formula is C13H24Cl2N4O. The third-order valence-electron chi connectivity index (χ3n) is 3.64. The number of hydrogen-bond donors (Lipinski definition) is 2. The van der Waals surface area contributed by atoms with Gasteiger partial charge in [-0.1, -0.05) is 19.8 Å². The Hall–Kier alpha value is -0.780. The van der Waals surface area contributed by atoms with Crippen LogP contribution in [0.2, 0.25) is 0 Å². The Balaban J connectivity index is 0.00000180. The molecule has 0 aliphatic heterocycles. The molecule has 0 bridgehead atoms. The number of carbonyl (C=O) groups excluding carboxylic acids is 1. The summed E-state index contributed by atoms with van der Waals surface area (Å²) in [7, 11) is 0. The van der Waals surface area contributed by atoms with Crippen LogP contribution in [0.25, 0.3) is 0 Å². The maximum atomic E-state index is 12.0. The Kier molecular flexibility index (Phi) is 8.16. The molecule has 2 rings (SSSR count). The van der Waals surface area contributed by atoms with E-state index in [1.54, 1.807) is 12.5 Å². The number of carbonyl (C=O) groups is 1. The van der Waals surface area contributed by atoms with E-state index >= 15 is 0 Å². The van der Waals surface area contributed by atoms with Crippen LogP contribution < -0.4 is 11.1 Å². The van der Waals surface area contributed by atoms with Gasteiger partial charge in [0, 0.05) is 25.5 Å². The number of imidazole rings is 1. The summed E-state index contributed by atoms with van der Waals surface area (Å²) >= 11 is 0. The molecule has 0 aromatic carbocycles. The molecule has 0 saturated heterocycles. The summed E-state index contributed by atoms with van der Waals surface area (Å²) in [4.78, 5) is 16.0. The summed E-state index contributed by atoms with van der Waals surface area (Å²) < 4.78 is 2.02. The lowest BCUT2D eigenvalue weighted by Crippen LogP contribution is -2.52. The van der Waals surface area contributed by atoms with Crippen LogP contribution >= 0.6 is 24.8 Å². The molecule has 1 heterocycles. The third kappa shape index (κ3) is 4.96. The zero-order valence-electron chi connectivity index (χ0n) is 11.7. The first kappa shape index (κ1) is 19.2. The van der Waals surface area contributed by atoms with Gasteiger partial charge in [0.25, 0.3) is 0 Å². The number of hydrogen-bond acceptors (Lipinski definition) is 3. The van der Waals surface area contributed by atoms with Crippen molar-refractivity contribution >= 4 is 30.7 Å². The SMILES string of the molecule is CC(CNC(=O)C1(N)CCCC1)Cn1ccnc1.Cl.Cl. The van der Waals surface area contributed by atoms with Crippen molar-refractivity contribution in [1.29, 1.82) is 0 Å². The lowest BCUT2D eigenvalue weighted by atomic mass is 9.98. The molecule has 1 amide bonds. The van der Waals surface area contributed by atoms with Crippen molar-refractivity contribution in [2.75, 3.05) is 6.54 Å². The summed E-state index contributed by atoms with van der Waals surface area (Å²) in [5, 5.41) is 2.98. The summed E-state index contributed by atoms with van der Waals surface area (Å²) in [5.74, 6) is 0.380. The van der Waals surface area contributed by atoms with E-state index in [1.165, 1.54) is 0 Å². The number of nitrogens with one attached hydrogen (secondary N) is 1. The van der Waals surface area contributed by atoms with E-state index in [-0.39, 0.29) is 30.7 Å². The van der Waals surface area contributed by atoms with Crippen LogP contribution in [0.5, 0.6) is 0 Å². The molecule has 1 aromatic heterocycles. The number of nitrogens with zero attached hydrogens (tertiary/aromatic N) is 2. The highest BCUT2D eigenvalue weighted by Crippen LogP contribution is 2.27. The normalized spacial score (nSPS) is 17.7. The van der Waals surface area contributed by atoms with Gasteiger partial charge in [-0.05, 0) is 18.8 Å². The zero-order chi connectivity index (χ0) is 13.0. The maximum absolute atomic E-state index is 12.0. The molecule has 1 saturated carbocycles. The van der Waals surface area contributed by atoms with Gasteiger partial charge in [0.15, 0.2) is 0 Å². The predicted octanol–water partition coefficient (Wildman–Crippen LogP) is 1.75. The monoisotopic (exact) mass is 322 g/mol. The minimum absolute atomic E-state index is 0. The highest BCUT2D eigenvalue weighted by atomic mass is 35.5. The molecule has 1 aromatic rings. The van der Waals surface area contributed by atoms with Gasteiger partial charge >= 0.3 is 0 Å². The van der Waals surface area contributed by atoms with Gasteiger partial charge < -0.3 is 15.6 Å². The van der Waals surface area contributed by atoms with Crippen LogP contribution in [0.3, 0.4) is 0 Å². The van der Waals surface area contributed by atoms with E-state index in [1.807, 2.05) is 10.8 Å². The van der Waals surface area contributed by atoms with Gasteiger partial charge in [-0.25, -0.2) is 4.98 Å². The summed E-state index contributed by atoms with van der Waals surface area (Å²) in [6.45, 7) is 3.63. The second-order valence-electron chi connectivity index (χ2n) is 5.44. The summed E-state index contributed by atoms with van der Waals surface area (Å²) in [6.07, 6.45) is 9.24. The fourth-order valence-electron chi connectivity index (χ4n) is 2.50. The van der Waals surface area contributed by atoms with Crippen molar-refractivity contribution in [2.24, 2.45) is 11.7 Å². The van der Waals surface area contributed by atoms with E-state index in [0.717, 1.165) is 32.2 Å². The van der Waals surface area contributed by atoms with Crippen LogP contribution in [0.4, 0.5) is 0 Å². The molecule has 0 spiro atoms. The van der Waals surface area contributed by atoms with E-state index in [2.05, 4.69) is 17.2 Å². The smallest absolute Gasteiger partial charge is 0.240 e. The van der Waals surface area contributed by atoms with Crippen molar-refractivity contribution in [3.63, 3.8) is 0 Å². The number of halogens is 2. The number of amides is 1. The van der Waals surface area contributed by atoms with E-state index in [0.29, 0.717) is 12.5 Å². The first-order chi connectivity index (χ1) is 8.60. The maximum Gasteiger partial charge on any atom is 0.240 e. The highest BCUT2D eigenvalue weighted by Gasteiger charge is 2.36.